The van der Waals surface area contributed by atoms with E-state index in [4.69, 9.17) is 16.3 Å². The number of anilines is 2. The summed E-state index contributed by atoms with van der Waals surface area (Å²) in [6.45, 7) is 0.997. The molecule has 3 aromatic carbocycles. The summed E-state index contributed by atoms with van der Waals surface area (Å²) in [5, 5.41) is 3.06. The predicted molar refractivity (Wildman–Crippen MR) is 119 cm³/mol. The normalized spacial score (nSPS) is 11.0. The lowest BCUT2D eigenvalue weighted by atomic mass is 10.2. The van der Waals surface area contributed by atoms with Gasteiger partial charge in [0.1, 0.15) is 5.82 Å². The Morgan fingerprint density at radius 1 is 1.00 bits per heavy atom. The highest BCUT2D eigenvalue weighted by molar-refractivity contribution is 7.92. The zero-order valence-corrected chi connectivity index (χ0v) is 18.3. The van der Waals surface area contributed by atoms with Crippen molar-refractivity contribution < 1.29 is 27.1 Å². The number of hydrogen-bond acceptors (Lipinski definition) is 5. The van der Waals surface area contributed by atoms with Gasteiger partial charge >= 0.3 is 5.97 Å². The maximum Gasteiger partial charge on any atom is 0.338 e. The van der Waals surface area contributed by atoms with Gasteiger partial charge in [-0.25, -0.2) is 17.6 Å². The molecule has 1 amide bonds. The molecule has 0 aliphatic heterocycles. The van der Waals surface area contributed by atoms with Gasteiger partial charge in [0.05, 0.1) is 10.5 Å². The van der Waals surface area contributed by atoms with Crippen LogP contribution in [0, 0.1) is 12.7 Å². The Kier molecular flexibility index (Phi) is 7.12. The molecule has 0 saturated heterocycles. The highest BCUT2D eigenvalue weighted by Crippen LogP contribution is 2.21. The molecule has 0 aliphatic carbocycles. The van der Waals surface area contributed by atoms with Crippen molar-refractivity contribution in [2.75, 3.05) is 16.6 Å². The fourth-order valence-electron chi connectivity index (χ4n) is 2.73. The van der Waals surface area contributed by atoms with E-state index in [9.17, 15) is 22.4 Å². The Morgan fingerprint density at radius 3 is 2.44 bits per heavy atom. The number of rotatable bonds is 7. The molecule has 0 bridgehead atoms. The molecule has 0 unspecified atom stereocenters. The molecule has 0 aromatic heterocycles. The van der Waals surface area contributed by atoms with Crippen molar-refractivity contribution in [1.29, 1.82) is 0 Å². The van der Waals surface area contributed by atoms with Gasteiger partial charge in [0, 0.05) is 16.4 Å². The monoisotopic (exact) mass is 476 g/mol. The van der Waals surface area contributed by atoms with E-state index in [-0.39, 0.29) is 16.1 Å². The Bertz CT molecular complexity index is 1260. The first-order valence-corrected chi connectivity index (χ1v) is 11.1. The van der Waals surface area contributed by atoms with Gasteiger partial charge in [0.2, 0.25) is 0 Å². The molecule has 32 heavy (non-hydrogen) atoms. The summed E-state index contributed by atoms with van der Waals surface area (Å²) in [6.07, 6.45) is 0. The van der Waals surface area contributed by atoms with E-state index in [0.29, 0.717) is 16.3 Å². The van der Waals surface area contributed by atoms with Crippen molar-refractivity contribution in [2.45, 2.75) is 11.8 Å². The second-order valence-corrected chi connectivity index (χ2v) is 8.81. The number of ether oxygens (including phenoxy) is 1. The third-order valence-electron chi connectivity index (χ3n) is 4.25. The van der Waals surface area contributed by atoms with Crippen LogP contribution in [0.1, 0.15) is 15.9 Å². The second-order valence-electron chi connectivity index (χ2n) is 6.73. The Morgan fingerprint density at radius 2 is 1.72 bits per heavy atom. The molecule has 10 heteroatoms. The van der Waals surface area contributed by atoms with Crippen molar-refractivity contribution in [3.8, 4) is 0 Å². The minimum absolute atomic E-state index is 0.0282. The van der Waals surface area contributed by atoms with Crippen LogP contribution >= 0.6 is 11.6 Å². The molecule has 2 N–H and O–H groups in total. The van der Waals surface area contributed by atoms with E-state index in [2.05, 4.69) is 10.0 Å². The van der Waals surface area contributed by atoms with Gasteiger partial charge in [-0.15, -0.1) is 0 Å². The number of hydrogen-bond donors (Lipinski definition) is 2. The zero-order chi connectivity index (χ0) is 23.3. The first kappa shape index (κ1) is 23.2. The van der Waals surface area contributed by atoms with Gasteiger partial charge in [0.15, 0.2) is 6.61 Å². The smallest absolute Gasteiger partial charge is 0.338 e. The molecule has 0 radical (unpaired) electrons. The van der Waals surface area contributed by atoms with Gasteiger partial charge in [-0.1, -0.05) is 23.7 Å². The second kappa shape index (κ2) is 9.80. The molecule has 7 nitrogen and oxygen atoms in total. The van der Waals surface area contributed by atoms with E-state index >= 15 is 0 Å². The maximum atomic E-state index is 13.5. The lowest BCUT2D eigenvalue weighted by molar-refractivity contribution is -0.119. The molecule has 0 spiro atoms. The molecule has 3 aromatic rings. The fourth-order valence-corrected chi connectivity index (χ4v) is 4.16. The molecule has 0 saturated carbocycles. The first-order valence-electron chi connectivity index (χ1n) is 9.25. The van der Waals surface area contributed by atoms with Crippen molar-refractivity contribution in [1.82, 2.24) is 0 Å². The zero-order valence-electron chi connectivity index (χ0n) is 16.8. The van der Waals surface area contributed by atoms with Crippen molar-refractivity contribution in [2.24, 2.45) is 0 Å². The number of aryl methyl sites for hydroxylation is 1. The third kappa shape index (κ3) is 6.05. The van der Waals surface area contributed by atoms with Gasteiger partial charge in [0.25, 0.3) is 15.9 Å². The van der Waals surface area contributed by atoms with Crippen LogP contribution in [-0.2, 0) is 19.6 Å². The van der Waals surface area contributed by atoms with Crippen molar-refractivity contribution >= 4 is 44.9 Å². The molecular weight excluding hydrogens is 459 g/mol. The van der Waals surface area contributed by atoms with Gasteiger partial charge in [-0.2, -0.15) is 0 Å². The van der Waals surface area contributed by atoms with Crippen molar-refractivity contribution in [3.63, 3.8) is 0 Å². The van der Waals surface area contributed by atoms with Crippen LogP contribution in [0.4, 0.5) is 15.8 Å². The number of amides is 1. The molecule has 3 rings (SSSR count). The predicted octanol–water partition coefficient (Wildman–Crippen LogP) is 4.38. The molecule has 0 aliphatic rings. The molecule has 0 fully saturated rings. The van der Waals surface area contributed by atoms with E-state index in [1.165, 1.54) is 37.3 Å². The SMILES string of the molecule is Cc1ccc(F)cc1S(=O)(=O)Nc1cccc(C(=O)OCC(=O)Nc2ccc(Cl)cc2)c1. The molecular formula is C22H18ClFN2O5S. The number of esters is 1. The summed E-state index contributed by atoms with van der Waals surface area (Å²) in [5.74, 6) is -2.07. The standard InChI is InChI=1S/C22H18ClFN2O5S/c1-14-5-8-17(24)12-20(14)32(29,30)26-19-4-2-3-15(11-19)22(28)31-13-21(27)25-18-9-6-16(23)7-10-18/h2-12,26H,13H2,1H3,(H,25,27). The summed E-state index contributed by atoms with van der Waals surface area (Å²) >= 11 is 5.78. The van der Waals surface area contributed by atoms with Crippen molar-refractivity contribution in [3.05, 3.63) is 88.7 Å². The van der Waals surface area contributed by atoms with Crippen LogP contribution in [0.3, 0.4) is 0 Å². The largest absolute Gasteiger partial charge is 0.452 e. The average Bonchev–Trinajstić information content (AvgIpc) is 2.75. The summed E-state index contributed by atoms with van der Waals surface area (Å²) in [4.78, 5) is 24.0. The number of carbonyl (C=O) groups excluding carboxylic acids is 2. The van der Waals surface area contributed by atoms with E-state index in [1.54, 1.807) is 24.3 Å². The Hall–Kier alpha value is -3.43. The topological polar surface area (TPSA) is 102 Å². The maximum absolute atomic E-state index is 13.5. The first-order chi connectivity index (χ1) is 15.1. The number of carbonyl (C=O) groups is 2. The Balaban J connectivity index is 1.64. The number of halogens is 2. The summed E-state index contributed by atoms with van der Waals surface area (Å²) in [7, 11) is -4.09. The quantitative estimate of drug-likeness (QED) is 0.493. The van der Waals surface area contributed by atoms with E-state index in [0.717, 1.165) is 12.1 Å². The van der Waals surface area contributed by atoms with E-state index < -0.39 is 34.3 Å². The van der Waals surface area contributed by atoms with Crippen LogP contribution < -0.4 is 10.0 Å². The molecule has 166 valence electrons. The van der Waals surface area contributed by atoms with Crippen LogP contribution in [0.15, 0.2) is 71.6 Å². The van der Waals surface area contributed by atoms with E-state index in [1.807, 2.05) is 0 Å². The van der Waals surface area contributed by atoms with Crippen LogP contribution in [-0.4, -0.2) is 26.9 Å². The number of nitrogens with one attached hydrogen (secondary N) is 2. The van der Waals surface area contributed by atoms with Gasteiger partial charge in [-0.3, -0.25) is 9.52 Å². The Labute approximate surface area is 189 Å². The minimum Gasteiger partial charge on any atom is -0.452 e. The molecule has 0 heterocycles. The minimum atomic E-state index is -4.09. The summed E-state index contributed by atoms with van der Waals surface area (Å²) in [5.41, 5.74) is 0.954. The highest BCUT2D eigenvalue weighted by atomic mass is 35.5. The van der Waals surface area contributed by atoms with Gasteiger partial charge in [-0.05, 0) is 67.1 Å². The highest BCUT2D eigenvalue weighted by Gasteiger charge is 2.19. The van der Waals surface area contributed by atoms with Gasteiger partial charge < -0.3 is 10.1 Å². The fraction of sp³-hybridized carbons (Fsp3) is 0.0909. The lowest BCUT2D eigenvalue weighted by Crippen LogP contribution is -2.21. The van der Waals surface area contributed by atoms with Crippen LogP contribution in [0.5, 0.6) is 0 Å². The number of benzene rings is 3. The van der Waals surface area contributed by atoms with Crippen LogP contribution in [0.25, 0.3) is 0 Å². The summed E-state index contributed by atoms with van der Waals surface area (Å²) < 4.78 is 46.0. The third-order valence-corrected chi connectivity index (χ3v) is 6.03. The summed E-state index contributed by atoms with van der Waals surface area (Å²) in [6, 6.07) is 15.3. The number of sulfonamides is 1. The van der Waals surface area contributed by atoms with Crippen LogP contribution in [0.2, 0.25) is 5.02 Å². The molecule has 0 atom stereocenters. The average molecular weight is 477 g/mol. The lowest BCUT2D eigenvalue weighted by Gasteiger charge is -2.11.